The molecule has 0 bridgehead atoms. The lowest BCUT2D eigenvalue weighted by molar-refractivity contribution is 0.0351. The molecule has 0 unspecified atom stereocenters. The van der Waals surface area contributed by atoms with Gasteiger partial charge in [-0.2, -0.15) is 0 Å². The molecular weight excluding hydrogens is 262 g/mol. The van der Waals surface area contributed by atoms with E-state index in [0.29, 0.717) is 5.15 Å². The van der Waals surface area contributed by atoms with Gasteiger partial charge in [0.05, 0.1) is 17.0 Å². The average molecular weight is 284 g/mol. The topological polar surface area (TPSA) is 39.6 Å². The molecule has 0 aliphatic carbocycles. The van der Waals surface area contributed by atoms with E-state index in [-0.39, 0.29) is 0 Å². The van der Waals surface area contributed by atoms with Crippen LogP contribution in [0, 0.1) is 0 Å². The fraction of sp³-hybridized carbons (Fsp3) is 0.643. The molecule has 0 saturated carbocycles. The van der Waals surface area contributed by atoms with Crippen LogP contribution < -0.4 is 4.90 Å². The maximum Gasteiger partial charge on any atom is 0.129 e. The van der Waals surface area contributed by atoms with E-state index in [1.807, 2.05) is 33.2 Å². The minimum atomic E-state index is -0.530. The number of halogens is 1. The first kappa shape index (κ1) is 14.6. The van der Waals surface area contributed by atoms with E-state index in [9.17, 15) is 5.11 Å². The minimum Gasteiger partial charge on any atom is -0.390 e. The second kappa shape index (κ2) is 5.65. The molecule has 0 aromatic carbocycles. The van der Waals surface area contributed by atoms with Crippen molar-refractivity contribution < 1.29 is 5.11 Å². The zero-order valence-corrected chi connectivity index (χ0v) is 12.6. The highest BCUT2D eigenvalue weighted by atomic mass is 35.5. The van der Waals surface area contributed by atoms with E-state index >= 15 is 0 Å². The molecule has 1 aliphatic rings. The first-order valence-corrected chi connectivity index (χ1v) is 7.03. The van der Waals surface area contributed by atoms with Gasteiger partial charge in [-0.3, -0.25) is 0 Å². The molecule has 1 fully saturated rings. The third-order valence-electron chi connectivity index (χ3n) is 3.56. The number of piperidine rings is 1. The van der Waals surface area contributed by atoms with Crippen LogP contribution in [0.3, 0.4) is 0 Å². The number of anilines is 1. The number of pyridine rings is 1. The van der Waals surface area contributed by atoms with Crippen molar-refractivity contribution in [2.75, 3.05) is 32.1 Å². The summed E-state index contributed by atoms with van der Waals surface area (Å²) in [5.74, 6) is 0. The molecule has 0 radical (unpaired) electrons. The number of hydrogen-bond donors (Lipinski definition) is 1. The van der Waals surface area contributed by atoms with Gasteiger partial charge >= 0.3 is 0 Å². The van der Waals surface area contributed by atoms with Crippen molar-refractivity contribution >= 4 is 17.3 Å². The van der Waals surface area contributed by atoms with Crippen LogP contribution in [0.5, 0.6) is 0 Å². The van der Waals surface area contributed by atoms with Gasteiger partial charge in [-0.05, 0) is 46.0 Å². The summed E-state index contributed by atoms with van der Waals surface area (Å²) in [5, 5.41) is 10.6. The minimum absolute atomic E-state index is 0.530. The van der Waals surface area contributed by atoms with Gasteiger partial charge in [0.2, 0.25) is 0 Å². The van der Waals surface area contributed by atoms with E-state index in [1.165, 1.54) is 0 Å². The van der Waals surface area contributed by atoms with Gasteiger partial charge in [0.15, 0.2) is 0 Å². The van der Waals surface area contributed by atoms with Crippen molar-refractivity contribution in [2.24, 2.45) is 0 Å². The van der Waals surface area contributed by atoms with E-state index in [2.05, 4.69) is 14.8 Å². The van der Waals surface area contributed by atoms with Gasteiger partial charge in [0, 0.05) is 19.6 Å². The lowest BCUT2D eigenvalue weighted by Gasteiger charge is -2.37. The van der Waals surface area contributed by atoms with Crippen LogP contribution in [0.1, 0.15) is 25.5 Å². The highest BCUT2D eigenvalue weighted by Gasteiger charge is 2.28. The molecule has 1 aromatic heterocycles. The van der Waals surface area contributed by atoms with E-state index in [1.54, 1.807) is 0 Å². The Morgan fingerprint density at radius 1 is 1.37 bits per heavy atom. The Morgan fingerprint density at radius 3 is 2.58 bits per heavy atom. The Kier molecular flexibility index (Phi) is 4.33. The van der Waals surface area contributed by atoms with Crippen molar-refractivity contribution in [1.82, 2.24) is 9.88 Å². The van der Waals surface area contributed by atoms with Crippen molar-refractivity contribution in [3.63, 3.8) is 0 Å². The molecule has 19 heavy (non-hydrogen) atoms. The standard InChI is InChI=1S/C14H22ClN3O/c1-14(19)6-8-18(9-7-14)12-4-5-13(15)16-11(12)10-17(2)3/h4-5,19H,6-10H2,1-3H3. The van der Waals surface area contributed by atoms with Crippen LogP contribution in [0.25, 0.3) is 0 Å². The van der Waals surface area contributed by atoms with Gasteiger partial charge in [0.25, 0.3) is 0 Å². The van der Waals surface area contributed by atoms with Crippen LogP contribution in [0.2, 0.25) is 5.15 Å². The Morgan fingerprint density at radius 2 is 2.00 bits per heavy atom. The molecule has 4 nitrogen and oxygen atoms in total. The predicted molar refractivity (Wildman–Crippen MR) is 78.7 cm³/mol. The van der Waals surface area contributed by atoms with Crippen LogP contribution in [0.4, 0.5) is 5.69 Å². The van der Waals surface area contributed by atoms with Gasteiger partial charge in [-0.15, -0.1) is 0 Å². The lowest BCUT2D eigenvalue weighted by Crippen LogP contribution is -2.43. The summed E-state index contributed by atoms with van der Waals surface area (Å²) in [5.41, 5.74) is 1.60. The SMILES string of the molecule is CN(C)Cc1nc(Cl)ccc1N1CCC(C)(O)CC1. The first-order chi connectivity index (χ1) is 8.87. The summed E-state index contributed by atoms with van der Waals surface area (Å²) in [6, 6.07) is 3.87. The first-order valence-electron chi connectivity index (χ1n) is 6.65. The van der Waals surface area contributed by atoms with Crippen molar-refractivity contribution in [2.45, 2.75) is 31.9 Å². The Balaban J connectivity index is 2.20. The Labute approximate surface area is 120 Å². The molecule has 0 amide bonds. The van der Waals surface area contributed by atoms with Crippen LogP contribution in [-0.2, 0) is 6.54 Å². The van der Waals surface area contributed by atoms with Crippen LogP contribution in [-0.4, -0.2) is 47.8 Å². The molecule has 1 aliphatic heterocycles. The quantitative estimate of drug-likeness (QED) is 0.863. The summed E-state index contributed by atoms with van der Waals surface area (Å²) in [4.78, 5) is 8.82. The largest absolute Gasteiger partial charge is 0.390 e. The number of nitrogens with zero attached hydrogens (tertiary/aromatic N) is 3. The highest BCUT2D eigenvalue weighted by molar-refractivity contribution is 6.29. The van der Waals surface area contributed by atoms with Crippen LogP contribution >= 0.6 is 11.6 Å². The number of aromatic nitrogens is 1. The normalized spacial score (nSPS) is 18.9. The average Bonchev–Trinajstić information content (AvgIpc) is 2.29. The van der Waals surface area contributed by atoms with E-state index < -0.39 is 5.60 Å². The predicted octanol–water partition coefficient (Wildman–Crippen LogP) is 2.15. The van der Waals surface area contributed by atoms with E-state index in [0.717, 1.165) is 43.9 Å². The second-order valence-corrected chi connectivity index (χ2v) is 6.21. The smallest absolute Gasteiger partial charge is 0.129 e. The summed E-state index contributed by atoms with van der Waals surface area (Å²) in [6.07, 6.45) is 1.58. The third-order valence-corrected chi connectivity index (χ3v) is 3.77. The van der Waals surface area contributed by atoms with Crippen molar-refractivity contribution in [3.8, 4) is 0 Å². The van der Waals surface area contributed by atoms with E-state index in [4.69, 9.17) is 11.6 Å². The molecule has 1 saturated heterocycles. The molecule has 2 heterocycles. The Hall–Kier alpha value is -0.840. The maximum atomic E-state index is 10.0. The highest BCUT2D eigenvalue weighted by Crippen LogP contribution is 2.28. The zero-order chi connectivity index (χ0) is 14.0. The molecule has 0 atom stereocenters. The number of rotatable bonds is 3. The van der Waals surface area contributed by atoms with Crippen molar-refractivity contribution in [1.29, 1.82) is 0 Å². The molecule has 2 rings (SSSR count). The molecular formula is C14H22ClN3O. The molecule has 5 heteroatoms. The zero-order valence-electron chi connectivity index (χ0n) is 11.9. The summed E-state index contributed by atoms with van der Waals surface area (Å²) in [6.45, 7) is 4.39. The maximum absolute atomic E-state index is 10.0. The molecule has 106 valence electrons. The molecule has 0 spiro atoms. The monoisotopic (exact) mass is 283 g/mol. The molecule has 1 aromatic rings. The third kappa shape index (κ3) is 3.81. The fourth-order valence-electron chi connectivity index (χ4n) is 2.40. The second-order valence-electron chi connectivity index (χ2n) is 5.82. The van der Waals surface area contributed by atoms with Gasteiger partial charge in [0.1, 0.15) is 5.15 Å². The number of hydrogen-bond acceptors (Lipinski definition) is 4. The van der Waals surface area contributed by atoms with Gasteiger partial charge in [-0.1, -0.05) is 11.6 Å². The lowest BCUT2D eigenvalue weighted by atomic mass is 9.93. The number of aliphatic hydroxyl groups is 1. The summed E-state index contributed by atoms with van der Waals surface area (Å²) < 4.78 is 0. The fourth-order valence-corrected chi connectivity index (χ4v) is 2.57. The summed E-state index contributed by atoms with van der Waals surface area (Å²) >= 11 is 6.00. The van der Waals surface area contributed by atoms with Crippen molar-refractivity contribution in [3.05, 3.63) is 23.0 Å². The molecule has 1 N–H and O–H groups in total. The van der Waals surface area contributed by atoms with Gasteiger partial charge < -0.3 is 14.9 Å². The van der Waals surface area contributed by atoms with Crippen LogP contribution in [0.15, 0.2) is 12.1 Å². The summed E-state index contributed by atoms with van der Waals surface area (Å²) in [7, 11) is 4.04. The Bertz CT molecular complexity index is 438. The van der Waals surface area contributed by atoms with Gasteiger partial charge in [-0.25, -0.2) is 4.98 Å².